The van der Waals surface area contributed by atoms with Crippen LogP contribution < -0.4 is 5.73 Å². The third-order valence-corrected chi connectivity index (χ3v) is 2.73. The summed E-state index contributed by atoms with van der Waals surface area (Å²) in [7, 11) is 0. The van der Waals surface area contributed by atoms with E-state index in [1.807, 2.05) is 22.9 Å². The Morgan fingerprint density at radius 1 is 1.40 bits per heavy atom. The summed E-state index contributed by atoms with van der Waals surface area (Å²) in [4.78, 5) is 0. The molecular weight excluding hydrogens is 212 g/mol. The molecule has 0 aliphatic heterocycles. The van der Waals surface area contributed by atoms with Gasteiger partial charge in [0.05, 0.1) is 15.9 Å². The molecule has 0 radical (unpaired) electrons. The number of halogens is 1. The van der Waals surface area contributed by atoms with Crippen molar-refractivity contribution in [3.05, 3.63) is 29.4 Å². The molecule has 0 aliphatic rings. The normalized spacial score (nSPS) is 11.1. The van der Waals surface area contributed by atoms with Gasteiger partial charge in [-0.15, -0.1) is 0 Å². The molecule has 0 fully saturated rings. The van der Waals surface area contributed by atoms with Gasteiger partial charge in [-0.2, -0.15) is 0 Å². The lowest BCUT2D eigenvalue weighted by atomic mass is 10.2. The van der Waals surface area contributed by atoms with Gasteiger partial charge in [0.1, 0.15) is 5.75 Å². The summed E-state index contributed by atoms with van der Waals surface area (Å²) in [5, 5.41) is 11.0. The average molecular weight is 225 g/mol. The van der Waals surface area contributed by atoms with E-state index in [0.717, 1.165) is 23.9 Å². The second-order valence-electron chi connectivity index (χ2n) is 3.48. The van der Waals surface area contributed by atoms with Crippen molar-refractivity contribution in [2.75, 3.05) is 6.54 Å². The first-order chi connectivity index (χ1) is 7.24. The summed E-state index contributed by atoms with van der Waals surface area (Å²) in [6, 6.07) is 5.39. The maximum absolute atomic E-state index is 9.67. The Balaban J connectivity index is 2.53. The quantitative estimate of drug-likeness (QED) is 0.841. The zero-order valence-electron chi connectivity index (χ0n) is 8.28. The van der Waals surface area contributed by atoms with Gasteiger partial charge in [-0.1, -0.05) is 17.7 Å². The van der Waals surface area contributed by atoms with Gasteiger partial charge in [-0.3, -0.25) is 0 Å². The standard InChI is InChI=1S/C11H13ClN2O/c12-8-7-14(6-2-5-13)9-3-1-4-10(15)11(8)9/h1,3-4,7,15H,2,5-6,13H2. The van der Waals surface area contributed by atoms with Gasteiger partial charge in [-0.05, 0) is 25.1 Å². The second kappa shape index (κ2) is 4.13. The number of rotatable bonds is 3. The van der Waals surface area contributed by atoms with Crippen LogP contribution in [0.2, 0.25) is 5.02 Å². The molecule has 0 bridgehead atoms. The number of aromatic nitrogens is 1. The SMILES string of the molecule is NCCCn1cc(Cl)c2c(O)cccc21. The van der Waals surface area contributed by atoms with Crippen LogP contribution in [-0.4, -0.2) is 16.2 Å². The number of aryl methyl sites for hydroxylation is 1. The van der Waals surface area contributed by atoms with Crippen molar-refractivity contribution in [3.63, 3.8) is 0 Å². The van der Waals surface area contributed by atoms with E-state index in [2.05, 4.69) is 0 Å². The fourth-order valence-electron chi connectivity index (χ4n) is 1.73. The average Bonchev–Trinajstić information content (AvgIpc) is 2.54. The third kappa shape index (κ3) is 1.80. The molecule has 4 heteroatoms. The van der Waals surface area contributed by atoms with Crippen LogP contribution in [0, 0.1) is 0 Å². The summed E-state index contributed by atoms with van der Waals surface area (Å²) < 4.78 is 2.02. The highest BCUT2D eigenvalue weighted by Gasteiger charge is 2.09. The van der Waals surface area contributed by atoms with Crippen LogP contribution in [0.5, 0.6) is 5.75 Å². The number of fused-ring (bicyclic) bond motifs is 1. The molecule has 15 heavy (non-hydrogen) atoms. The molecule has 0 saturated heterocycles. The zero-order chi connectivity index (χ0) is 10.8. The molecule has 2 aromatic rings. The predicted octanol–water partition coefficient (Wildman–Crippen LogP) is 2.35. The number of phenols is 1. The van der Waals surface area contributed by atoms with E-state index in [1.54, 1.807) is 6.07 Å². The molecule has 0 amide bonds. The Kier molecular flexibility index (Phi) is 2.84. The lowest BCUT2D eigenvalue weighted by molar-refractivity contribution is 0.481. The highest BCUT2D eigenvalue weighted by Crippen LogP contribution is 2.32. The van der Waals surface area contributed by atoms with Gasteiger partial charge in [0.2, 0.25) is 0 Å². The molecular formula is C11H13ClN2O. The minimum Gasteiger partial charge on any atom is -0.507 e. The minimum absolute atomic E-state index is 0.226. The molecule has 0 spiro atoms. The summed E-state index contributed by atoms with van der Waals surface area (Å²) in [6.07, 6.45) is 2.73. The molecule has 1 aromatic carbocycles. The summed E-state index contributed by atoms with van der Waals surface area (Å²) >= 11 is 6.05. The van der Waals surface area contributed by atoms with E-state index in [4.69, 9.17) is 17.3 Å². The summed E-state index contributed by atoms with van der Waals surface area (Å²) in [5.41, 5.74) is 6.41. The number of aromatic hydroxyl groups is 1. The smallest absolute Gasteiger partial charge is 0.126 e. The van der Waals surface area contributed by atoms with E-state index in [-0.39, 0.29) is 5.75 Å². The van der Waals surface area contributed by atoms with Gasteiger partial charge in [-0.25, -0.2) is 0 Å². The Labute approximate surface area is 93.1 Å². The third-order valence-electron chi connectivity index (χ3n) is 2.44. The minimum atomic E-state index is 0.226. The van der Waals surface area contributed by atoms with Crippen LogP contribution in [0.3, 0.4) is 0 Å². The lowest BCUT2D eigenvalue weighted by Gasteiger charge is -2.03. The van der Waals surface area contributed by atoms with Crippen molar-refractivity contribution in [1.82, 2.24) is 4.57 Å². The summed E-state index contributed by atoms with van der Waals surface area (Å²) in [6.45, 7) is 1.47. The maximum atomic E-state index is 9.67. The van der Waals surface area contributed by atoms with E-state index in [0.29, 0.717) is 11.6 Å². The molecule has 3 N–H and O–H groups in total. The van der Waals surface area contributed by atoms with E-state index < -0.39 is 0 Å². The highest BCUT2D eigenvalue weighted by molar-refractivity contribution is 6.36. The van der Waals surface area contributed by atoms with Crippen LogP contribution in [0.4, 0.5) is 0 Å². The van der Waals surface area contributed by atoms with Crippen LogP contribution >= 0.6 is 11.6 Å². The molecule has 0 unspecified atom stereocenters. The first-order valence-electron chi connectivity index (χ1n) is 4.90. The van der Waals surface area contributed by atoms with Crippen LogP contribution in [0.1, 0.15) is 6.42 Å². The molecule has 3 nitrogen and oxygen atoms in total. The first-order valence-corrected chi connectivity index (χ1v) is 5.28. The van der Waals surface area contributed by atoms with Crippen molar-refractivity contribution >= 4 is 22.5 Å². The Hall–Kier alpha value is -1.19. The monoisotopic (exact) mass is 224 g/mol. The van der Waals surface area contributed by atoms with E-state index in [1.165, 1.54) is 0 Å². The predicted molar refractivity (Wildman–Crippen MR) is 62.3 cm³/mol. The topological polar surface area (TPSA) is 51.2 Å². The Bertz CT molecular complexity index is 479. The number of hydrogen-bond acceptors (Lipinski definition) is 2. The molecule has 0 atom stereocenters. The van der Waals surface area contributed by atoms with Gasteiger partial charge < -0.3 is 15.4 Å². The van der Waals surface area contributed by atoms with E-state index >= 15 is 0 Å². The molecule has 1 aromatic heterocycles. The van der Waals surface area contributed by atoms with Crippen molar-refractivity contribution in [2.24, 2.45) is 5.73 Å². The number of phenolic OH excluding ortho intramolecular Hbond substituents is 1. The largest absolute Gasteiger partial charge is 0.507 e. The van der Waals surface area contributed by atoms with Gasteiger partial charge in [0.15, 0.2) is 0 Å². The van der Waals surface area contributed by atoms with Gasteiger partial charge >= 0.3 is 0 Å². The lowest BCUT2D eigenvalue weighted by Crippen LogP contribution is -2.04. The van der Waals surface area contributed by atoms with Crippen molar-refractivity contribution in [2.45, 2.75) is 13.0 Å². The van der Waals surface area contributed by atoms with Gasteiger partial charge in [0.25, 0.3) is 0 Å². The summed E-state index contributed by atoms with van der Waals surface area (Å²) in [5.74, 6) is 0.226. The van der Waals surface area contributed by atoms with Crippen LogP contribution in [0.25, 0.3) is 10.9 Å². The van der Waals surface area contributed by atoms with Crippen LogP contribution in [0.15, 0.2) is 24.4 Å². The maximum Gasteiger partial charge on any atom is 0.126 e. The highest BCUT2D eigenvalue weighted by atomic mass is 35.5. The fraction of sp³-hybridized carbons (Fsp3) is 0.273. The number of nitrogens with two attached hydrogens (primary N) is 1. The zero-order valence-corrected chi connectivity index (χ0v) is 9.04. The molecule has 0 saturated carbocycles. The fourth-order valence-corrected chi connectivity index (χ4v) is 2.04. The first kappa shape index (κ1) is 10.3. The second-order valence-corrected chi connectivity index (χ2v) is 3.89. The van der Waals surface area contributed by atoms with E-state index in [9.17, 15) is 5.11 Å². The Morgan fingerprint density at radius 2 is 2.20 bits per heavy atom. The molecule has 80 valence electrons. The van der Waals surface area contributed by atoms with Crippen LogP contribution in [-0.2, 0) is 6.54 Å². The van der Waals surface area contributed by atoms with Crippen molar-refractivity contribution in [3.8, 4) is 5.75 Å². The Morgan fingerprint density at radius 3 is 2.93 bits per heavy atom. The number of nitrogens with zero attached hydrogens (tertiary/aromatic N) is 1. The van der Waals surface area contributed by atoms with Gasteiger partial charge in [0, 0.05) is 12.7 Å². The molecule has 0 aliphatic carbocycles. The van der Waals surface area contributed by atoms with Crippen molar-refractivity contribution in [1.29, 1.82) is 0 Å². The molecule has 1 heterocycles. The molecule has 2 rings (SSSR count). The number of hydrogen-bond donors (Lipinski definition) is 2. The van der Waals surface area contributed by atoms with Crippen molar-refractivity contribution < 1.29 is 5.11 Å². The number of benzene rings is 1.